The monoisotopic (exact) mass is 245 g/mol. The van der Waals surface area contributed by atoms with Crippen molar-refractivity contribution in [3.63, 3.8) is 0 Å². The summed E-state index contributed by atoms with van der Waals surface area (Å²) in [5.74, 6) is -0.879. The van der Waals surface area contributed by atoms with Gasteiger partial charge < -0.3 is 10.4 Å². The maximum Gasteiger partial charge on any atom is 0.345 e. The van der Waals surface area contributed by atoms with E-state index in [1.165, 1.54) is 11.3 Å². The van der Waals surface area contributed by atoms with Gasteiger partial charge in [0.05, 0.1) is 0 Å². The molecule has 0 saturated carbocycles. The Hall–Kier alpha value is -0.840. The number of halogens is 1. The number of hydrogen-bond donors (Lipinski definition) is 2. The first-order valence-corrected chi connectivity index (χ1v) is 5.56. The summed E-state index contributed by atoms with van der Waals surface area (Å²) < 4.78 is 0. The largest absolute Gasteiger partial charge is 0.477 e. The summed E-state index contributed by atoms with van der Waals surface area (Å²) in [7, 11) is 0. The number of rotatable bonds is 5. The molecule has 0 unspecified atom stereocenters. The Morgan fingerprint density at radius 1 is 1.73 bits per heavy atom. The highest BCUT2D eigenvalue weighted by Crippen LogP contribution is 2.21. The van der Waals surface area contributed by atoms with Crippen LogP contribution in [0.4, 0.5) is 0 Å². The van der Waals surface area contributed by atoms with Gasteiger partial charge in [-0.05, 0) is 18.6 Å². The van der Waals surface area contributed by atoms with Crippen LogP contribution in [0.2, 0.25) is 0 Å². The number of carboxylic acid groups (broad SMARTS) is 1. The topological polar surface area (TPSA) is 49.3 Å². The van der Waals surface area contributed by atoms with Crippen LogP contribution >= 0.6 is 22.9 Å². The van der Waals surface area contributed by atoms with Gasteiger partial charge in [0, 0.05) is 23.0 Å². The zero-order valence-electron chi connectivity index (χ0n) is 8.34. The highest BCUT2D eigenvalue weighted by atomic mass is 35.5. The maximum absolute atomic E-state index is 10.7. The van der Waals surface area contributed by atoms with Crippen LogP contribution in [0.3, 0.4) is 0 Å². The van der Waals surface area contributed by atoms with Crippen molar-refractivity contribution in [3.05, 3.63) is 33.0 Å². The van der Waals surface area contributed by atoms with Gasteiger partial charge >= 0.3 is 5.97 Å². The second-order valence-electron chi connectivity index (χ2n) is 3.12. The van der Waals surface area contributed by atoms with E-state index in [1.807, 2.05) is 6.92 Å². The van der Waals surface area contributed by atoms with Crippen LogP contribution in [-0.2, 0) is 6.54 Å². The Bertz CT molecular complexity index is 387. The van der Waals surface area contributed by atoms with E-state index in [-0.39, 0.29) is 0 Å². The van der Waals surface area contributed by atoms with Crippen molar-refractivity contribution in [2.75, 3.05) is 6.54 Å². The van der Waals surface area contributed by atoms with Gasteiger partial charge in [-0.25, -0.2) is 4.79 Å². The number of carbonyl (C=O) groups is 1. The van der Waals surface area contributed by atoms with E-state index in [4.69, 9.17) is 16.7 Å². The average Bonchev–Trinajstić information content (AvgIpc) is 2.47. The molecule has 15 heavy (non-hydrogen) atoms. The van der Waals surface area contributed by atoms with Crippen molar-refractivity contribution >= 4 is 28.9 Å². The molecule has 0 aliphatic heterocycles. The van der Waals surface area contributed by atoms with Crippen LogP contribution in [-0.4, -0.2) is 17.6 Å². The summed E-state index contributed by atoms with van der Waals surface area (Å²) >= 11 is 6.88. The molecular weight excluding hydrogens is 234 g/mol. The summed E-state index contributed by atoms with van der Waals surface area (Å²) in [6.45, 7) is 6.60. The standard InChI is InChI=1S/C10H12ClNO2S/c1-6(11)4-12-5-8-3-9(10(13)14)15-7(8)2/h3,12H,1,4-5H2,2H3,(H,13,14). The fraction of sp³-hybridized carbons (Fsp3) is 0.300. The molecule has 3 nitrogen and oxygen atoms in total. The first-order valence-electron chi connectivity index (χ1n) is 4.37. The smallest absolute Gasteiger partial charge is 0.345 e. The van der Waals surface area contributed by atoms with Gasteiger partial charge in [-0.2, -0.15) is 0 Å². The summed E-state index contributed by atoms with van der Waals surface area (Å²) in [6, 6.07) is 1.69. The fourth-order valence-electron chi connectivity index (χ4n) is 1.13. The molecule has 2 N–H and O–H groups in total. The number of nitrogens with one attached hydrogen (secondary N) is 1. The minimum atomic E-state index is -0.879. The van der Waals surface area contributed by atoms with Crippen molar-refractivity contribution in [2.24, 2.45) is 0 Å². The van der Waals surface area contributed by atoms with Crippen molar-refractivity contribution in [1.82, 2.24) is 5.32 Å². The summed E-state index contributed by atoms with van der Waals surface area (Å²) in [6.07, 6.45) is 0. The summed E-state index contributed by atoms with van der Waals surface area (Å²) in [4.78, 5) is 12.1. The highest BCUT2D eigenvalue weighted by Gasteiger charge is 2.10. The SMILES string of the molecule is C=C(Cl)CNCc1cc(C(=O)O)sc1C. The predicted molar refractivity (Wildman–Crippen MR) is 62.7 cm³/mol. The summed E-state index contributed by atoms with van der Waals surface area (Å²) in [5, 5.41) is 12.4. The third kappa shape index (κ3) is 3.66. The quantitative estimate of drug-likeness (QED) is 0.838. The first-order chi connectivity index (χ1) is 7.00. The van der Waals surface area contributed by atoms with E-state index < -0.39 is 5.97 Å². The molecule has 82 valence electrons. The van der Waals surface area contributed by atoms with Gasteiger partial charge in [0.25, 0.3) is 0 Å². The third-order valence-corrected chi connectivity index (χ3v) is 3.08. The van der Waals surface area contributed by atoms with E-state index in [1.54, 1.807) is 6.07 Å². The normalized spacial score (nSPS) is 10.3. The zero-order chi connectivity index (χ0) is 11.4. The molecule has 0 radical (unpaired) electrons. The number of aryl methyl sites for hydroxylation is 1. The Morgan fingerprint density at radius 2 is 2.40 bits per heavy atom. The molecule has 0 spiro atoms. The van der Waals surface area contributed by atoms with Gasteiger partial charge in [0.15, 0.2) is 0 Å². The lowest BCUT2D eigenvalue weighted by molar-refractivity contribution is 0.0702. The highest BCUT2D eigenvalue weighted by molar-refractivity contribution is 7.14. The Balaban J connectivity index is 2.61. The third-order valence-electron chi connectivity index (χ3n) is 1.86. The molecule has 0 amide bonds. The van der Waals surface area contributed by atoms with Crippen molar-refractivity contribution in [1.29, 1.82) is 0 Å². The van der Waals surface area contributed by atoms with Gasteiger partial charge in [-0.3, -0.25) is 0 Å². The minimum Gasteiger partial charge on any atom is -0.477 e. The molecule has 1 heterocycles. The molecule has 0 saturated heterocycles. The van der Waals surface area contributed by atoms with Crippen LogP contribution in [0.25, 0.3) is 0 Å². The van der Waals surface area contributed by atoms with E-state index in [2.05, 4.69) is 11.9 Å². The lowest BCUT2D eigenvalue weighted by Crippen LogP contribution is -2.14. The number of carboxylic acids is 1. The van der Waals surface area contributed by atoms with E-state index in [0.29, 0.717) is 23.0 Å². The van der Waals surface area contributed by atoms with Crippen molar-refractivity contribution in [3.8, 4) is 0 Å². The van der Waals surface area contributed by atoms with Crippen molar-refractivity contribution in [2.45, 2.75) is 13.5 Å². The Kier molecular flexibility index (Phi) is 4.32. The molecule has 0 aliphatic carbocycles. The van der Waals surface area contributed by atoms with E-state index in [0.717, 1.165) is 10.4 Å². The predicted octanol–water partition coefficient (Wildman–Crippen LogP) is 2.60. The lowest BCUT2D eigenvalue weighted by Gasteiger charge is -2.01. The first kappa shape index (κ1) is 12.2. The van der Waals surface area contributed by atoms with Crippen LogP contribution in [0.15, 0.2) is 17.7 Å². The molecule has 0 bridgehead atoms. The molecule has 1 aromatic heterocycles. The molecule has 0 fully saturated rings. The Morgan fingerprint density at radius 3 is 2.87 bits per heavy atom. The van der Waals surface area contributed by atoms with Crippen LogP contribution in [0, 0.1) is 6.92 Å². The molecule has 1 rings (SSSR count). The molecule has 1 aromatic rings. The Labute approximate surface area is 97.4 Å². The van der Waals surface area contributed by atoms with E-state index >= 15 is 0 Å². The fourth-order valence-corrected chi connectivity index (χ4v) is 2.11. The van der Waals surface area contributed by atoms with Gasteiger partial charge in [0.1, 0.15) is 4.88 Å². The van der Waals surface area contributed by atoms with Gasteiger partial charge in [0.2, 0.25) is 0 Å². The minimum absolute atomic E-state index is 0.369. The molecule has 5 heteroatoms. The lowest BCUT2D eigenvalue weighted by atomic mass is 10.2. The van der Waals surface area contributed by atoms with Gasteiger partial charge in [-0.1, -0.05) is 18.2 Å². The summed E-state index contributed by atoms with van der Waals surface area (Å²) in [5.41, 5.74) is 0.996. The molecule has 0 aromatic carbocycles. The van der Waals surface area contributed by atoms with Crippen LogP contribution < -0.4 is 5.32 Å². The van der Waals surface area contributed by atoms with Crippen LogP contribution in [0.1, 0.15) is 20.1 Å². The second kappa shape index (κ2) is 5.30. The number of hydrogen-bond acceptors (Lipinski definition) is 3. The van der Waals surface area contributed by atoms with E-state index in [9.17, 15) is 4.79 Å². The second-order valence-corrected chi connectivity index (χ2v) is 4.91. The average molecular weight is 246 g/mol. The zero-order valence-corrected chi connectivity index (χ0v) is 9.91. The van der Waals surface area contributed by atoms with Crippen molar-refractivity contribution < 1.29 is 9.90 Å². The molecule has 0 atom stereocenters. The maximum atomic E-state index is 10.7. The molecule has 0 aliphatic rings. The van der Waals surface area contributed by atoms with Crippen LogP contribution in [0.5, 0.6) is 0 Å². The number of aromatic carboxylic acids is 1. The number of thiophene rings is 1. The molecular formula is C10H12ClNO2S. The van der Waals surface area contributed by atoms with Gasteiger partial charge in [-0.15, -0.1) is 11.3 Å².